The Morgan fingerprint density at radius 3 is 2.22 bits per heavy atom. The van der Waals surface area contributed by atoms with Gasteiger partial charge in [0.05, 0.1) is 5.71 Å². The van der Waals surface area contributed by atoms with E-state index in [1.54, 1.807) is 36.9 Å². The number of nitrogens with zero attached hydrogens (tertiary/aromatic N) is 3. The van der Waals surface area contributed by atoms with Crippen LogP contribution in [0, 0.1) is 0 Å². The summed E-state index contributed by atoms with van der Waals surface area (Å²) in [6, 6.07) is 16.6. The van der Waals surface area contributed by atoms with Crippen molar-refractivity contribution in [3.05, 3.63) is 96.1 Å². The molecule has 0 atom stereocenters. The normalized spacial score (nSPS) is 11.0. The van der Waals surface area contributed by atoms with Gasteiger partial charge in [0.15, 0.2) is 0 Å². The predicted octanol–water partition coefficient (Wildman–Crippen LogP) is 2.66. The molecule has 3 aromatic rings. The lowest BCUT2D eigenvalue weighted by Crippen LogP contribution is -2.20. The fraction of sp³-hybridized carbons (Fsp3) is 0. The highest BCUT2D eigenvalue weighted by Gasteiger charge is 2.09. The molecule has 1 N–H and O–H groups in total. The molecule has 0 aliphatic heterocycles. The lowest BCUT2D eigenvalue weighted by molar-refractivity contribution is 0.0955. The smallest absolute Gasteiger partial charge is 0.267 e. The Labute approximate surface area is 133 Å². The monoisotopic (exact) mass is 302 g/mol. The second kappa shape index (κ2) is 7.09. The van der Waals surface area contributed by atoms with Crippen LogP contribution in [-0.4, -0.2) is 21.6 Å². The molecule has 0 aliphatic carbocycles. The van der Waals surface area contributed by atoms with Gasteiger partial charge in [-0.05, 0) is 24.3 Å². The zero-order valence-corrected chi connectivity index (χ0v) is 12.3. The summed E-state index contributed by atoms with van der Waals surface area (Å²) in [6.45, 7) is 0. The highest BCUT2D eigenvalue weighted by atomic mass is 16.2. The molecule has 5 heteroatoms. The molecule has 0 radical (unpaired) electrons. The molecule has 2 heterocycles. The van der Waals surface area contributed by atoms with Crippen LogP contribution >= 0.6 is 0 Å². The number of carbonyl (C=O) groups is 1. The summed E-state index contributed by atoms with van der Waals surface area (Å²) in [5.74, 6) is -0.287. The van der Waals surface area contributed by atoms with Crippen LogP contribution in [-0.2, 0) is 0 Å². The molecule has 3 rings (SSSR count). The first-order chi connectivity index (χ1) is 11.3. The summed E-state index contributed by atoms with van der Waals surface area (Å²) in [7, 11) is 0. The highest BCUT2D eigenvalue weighted by Crippen LogP contribution is 2.09. The van der Waals surface area contributed by atoms with Gasteiger partial charge < -0.3 is 0 Å². The zero-order valence-electron chi connectivity index (χ0n) is 12.3. The lowest BCUT2D eigenvalue weighted by atomic mass is 10.0. The van der Waals surface area contributed by atoms with Crippen LogP contribution in [0.4, 0.5) is 0 Å². The van der Waals surface area contributed by atoms with Gasteiger partial charge in [-0.25, -0.2) is 5.43 Å². The summed E-state index contributed by atoms with van der Waals surface area (Å²) in [6.07, 6.45) is 6.54. The van der Waals surface area contributed by atoms with Crippen LogP contribution in [0.1, 0.15) is 21.5 Å². The van der Waals surface area contributed by atoms with E-state index >= 15 is 0 Å². The standard InChI is InChI=1S/C18H14N4O/c23-18(15-8-11-19-12-9-15)22-21-17(14-5-2-1-3-6-14)16-7-4-10-20-13-16/h1-13H,(H,22,23). The van der Waals surface area contributed by atoms with E-state index in [0.717, 1.165) is 11.1 Å². The number of hydrogen-bond acceptors (Lipinski definition) is 4. The van der Waals surface area contributed by atoms with Crippen molar-refractivity contribution in [2.24, 2.45) is 5.10 Å². The van der Waals surface area contributed by atoms with Crippen LogP contribution in [0.5, 0.6) is 0 Å². The summed E-state index contributed by atoms with van der Waals surface area (Å²) in [5, 5.41) is 4.30. The molecule has 0 unspecified atom stereocenters. The Kier molecular flexibility index (Phi) is 4.49. The Morgan fingerprint density at radius 1 is 0.783 bits per heavy atom. The molecule has 2 aromatic heterocycles. The molecule has 112 valence electrons. The Hall–Kier alpha value is -3.34. The van der Waals surface area contributed by atoms with Crippen molar-refractivity contribution >= 4 is 11.6 Å². The van der Waals surface area contributed by atoms with Gasteiger partial charge in [0.25, 0.3) is 5.91 Å². The fourth-order valence-electron chi connectivity index (χ4n) is 2.07. The molecule has 1 aromatic carbocycles. The van der Waals surface area contributed by atoms with Crippen LogP contribution < -0.4 is 5.43 Å². The van der Waals surface area contributed by atoms with E-state index in [-0.39, 0.29) is 5.91 Å². The molecule has 0 aliphatic rings. The minimum atomic E-state index is -0.287. The minimum Gasteiger partial charge on any atom is -0.267 e. The second-order valence-corrected chi connectivity index (χ2v) is 4.74. The van der Waals surface area contributed by atoms with E-state index in [9.17, 15) is 4.79 Å². The number of aromatic nitrogens is 2. The van der Waals surface area contributed by atoms with Crippen molar-refractivity contribution in [2.45, 2.75) is 0 Å². The van der Waals surface area contributed by atoms with E-state index in [4.69, 9.17) is 0 Å². The fourth-order valence-corrected chi connectivity index (χ4v) is 2.07. The quantitative estimate of drug-likeness (QED) is 0.595. The van der Waals surface area contributed by atoms with Gasteiger partial charge in [-0.1, -0.05) is 30.3 Å². The Bertz CT molecular complexity index is 761. The number of amides is 1. The second-order valence-electron chi connectivity index (χ2n) is 4.74. The Balaban J connectivity index is 1.91. The first kappa shape index (κ1) is 14.6. The summed E-state index contributed by atoms with van der Waals surface area (Å²) >= 11 is 0. The van der Waals surface area contributed by atoms with Gasteiger partial charge in [0.2, 0.25) is 0 Å². The van der Waals surface area contributed by atoms with E-state index in [1.807, 2.05) is 42.5 Å². The summed E-state index contributed by atoms with van der Waals surface area (Å²) in [5.41, 5.74) is 5.47. The van der Waals surface area contributed by atoms with Crippen molar-refractivity contribution in [1.82, 2.24) is 15.4 Å². The van der Waals surface area contributed by atoms with E-state index in [2.05, 4.69) is 20.5 Å². The highest BCUT2D eigenvalue weighted by molar-refractivity contribution is 6.13. The largest absolute Gasteiger partial charge is 0.271 e. The van der Waals surface area contributed by atoms with Crippen molar-refractivity contribution in [2.75, 3.05) is 0 Å². The number of benzene rings is 1. The van der Waals surface area contributed by atoms with E-state index in [0.29, 0.717) is 11.3 Å². The van der Waals surface area contributed by atoms with Crippen molar-refractivity contribution in [1.29, 1.82) is 0 Å². The van der Waals surface area contributed by atoms with Crippen molar-refractivity contribution in [3.8, 4) is 0 Å². The van der Waals surface area contributed by atoms with Crippen LogP contribution in [0.25, 0.3) is 0 Å². The Morgan fingerprint density at radius 2 is 1.52 bits per heavy atom. The maximum Gasteiger partial charge on any atom is 0.271 e. The third kappa shape index (κ3) is 3.65. The predicted molar refractivity (Wildman–Crippen MR) is 88.0 cm³/mol. The lowest BCUT2D eigenvalue weighted by Gasteiger charge is -2.07. The molecule has 0 saturated carbocycles. The van der Waals surface area contributed by atoms with Gasteiger partial charge in [-0.3, -0.25) is 14.8 Å². The molecule has 0 bridgehead atoms. The minimum absolute atomic E-state index is 0.287. The van der Waals surface area contributed by atoms with Gasteiger partial charge in [-0.15, -0.1) is 0 Å². The van der Waals surface area contributed by atoms with E-state index < -0.39 is 0 Å². The number of pyridine rings is 2. The zero-order chi connectivity index (χ0) is 15.9. The number of rotatable bonds is 4. The van der Waals surface area contributed by atoms with Crippen LogP contribution in [0.2, 0.25) is 0 Å². The third-order valence-electron chi connectivity index (χ3n) is 3.19. The number of carbonyl (C=O) groups excluding carboxylic acids is 1. The topological polar surface area (TPSA) is 67.2 Å². The average molecular weight is 302 g/mol. The molecule has 23 heavy (non-hydrogen) atoms. The third-order valence-corrected chi connectivity index (χ3v) is 3.19. The molecule has 0 saturated heterocycles. The van der Waals surface area contributed by atoms with Crippen LogP contribution in [0.15, 0.2) is 84.5 Å². The summed E-state index contributed by atoms with van der Waals surface area (Å²) < 4.78 is 0. The van der Waals surface area contributed by atoms with Crippen molar-refractivity contribution < 1.29 is 4.79 Å². The van der Waals surface area contributed by atoms with Gasteiger partial charge in [0.1, 0.15) is 0 Å². The molecule has 0 spiro atoms. The van der Waals surface area contributed by atoms with Gasteiger partial charge >= 0.3 is 0 Å². The number of hydrogen-bond donors (Lipinski definition) is 1. The van der Waals surface area contributed by atoms with Crippen LogP contribution in [0.3, 0.4) is 0 Å². The molecular weight excluding hydrogens is 288 g/mol. The molecule has 5 nitrogen and oxygen atoms in total. The first-order valence-electron chi connectivity index (χ1n) is 7.08. The SMILES string of the molecule is O=C(NN=C(c1ccccc1)c1cccnc1)c1ccncc1. The maximum atomic E-state index is 12.2. The average Bonchev–Trinajstić information content (AvgIpc) is 2.64. The maximum absolute atomic E-state index is 12.2. The van der Waals surface area contributed by atoms with Gasteiger partial charge in [-0.2, -0.15) is 5.10 Å². The number of hydrazone groups is 1. The summed E-state index contributed by atoms with van der Waals surface area (Å²) in [4.78, 5) is 20.2. The number of nitrogens with one attached hydrogen (secondary N) is 1. The molecular formula is C18H14N4O. The molecule has 1 amide bonds. The van der Waals surface area contributed by atoms with Gasteiger partial charge in [0, 0.05) is 41.5 Å². The van der Waals surface area contributed by atoms with Crippen molar-refractivity contribution in [3.63, 3.8) is 0 Å². The molecule has 0 fully saturated rings. The van der Waals surface area contributed by atoms with E-state index in [1.165, 1.54) is 0 Å². The first-order valence-corrected chi connectivity index (χ1v) is 7.08.